The minimum absolute atomic E-state index is 0.413. The van der Waals surface area contributed by atoms with Crippen molar-refractivity contribution in [1.29, 1.82) is 0 Å². The Kier molecular flexibility index (Phi) is 6.43. The minimum atomic E-state index is -0.898. The highest BCUT2D eigenvalue weighted by atomic mass is 32.1. The number of hydrogen-bond donors (Lipinski definition) is 3. The number of thiol groups is 1. The van der Waals surface area contributed by atoms with Crippen LogP contribution in [-0.2, 0) is 11.3 Å². The number of rotatable bonds is 7. The molecular weight excluding hydrogens is 210 g/mol. The molecule has 2 N–H and O–H groups in total. The van der Waals surface area contributed by atoms with Gasteiger partial charge in [0.05, 0.1) is 6.61 Å². The third kappa shape index (κ3) is 5.79. The fourth-order valence-electron chi connectivity index (χ4n) is 1.11. The molecule has 0 radical (unpaired) electrons. The molecule has 0 aliphatic carbocycles. The maximum absolute atomic E-state index is 9.38. The number of ether oxygens (including phenoxy) is 1. The second kappa shape index (κ2) is 7.70. The maximum atomic E-state index is 9.38. The second-order valence-corrected chi connectivity index (χ2v) is 3.63. The van der Waals surface area contributed by atoms with Crippen LogP contribution in [0.3, 0.4) is 0 Å². The first-order valence-corrected chi connectivity index (χ1v) is 5.64. The number of benzene rings is 1. The summed E-state index contributed by atoms with van der Waals surface area (Å²) in [7, 11) is 0. The van der Waals surface area contributed by atoms with Crippen molar-refractivity contribution in [2.75, 3.05) is 12.3 Å². The van der Waals surface area contributed by atoms with E-state index in [9.17, 15) is 5.11 Å². The summed E-state index contributed by atoms with van der Waals surface area (Å²) in [6.07, 6.45) is 0.0135. The van der Waals surface area contributed by atoms with Gasteiger partial charge in [0.1, 0.15) is 0 Å². The van der Waals surface area contributed by atoms with Crippen LogP contribution in [0.15, 0.2) is 30.3 Å². The van der Waals surface area contributed by atoms with E-state index in [0.717, 1.165) is 17.7 Å². The Balaban J connectivity index is 2.14. The van der Waals surface area contributed by atoms with Crippen LogP contribution in [-0.4, -0.2) is 23.8 Å². The van der Waals surface area contributed by atoms with Crippen molar-refractivity contribution in [1.82, 2.24) is 5.32 Å². The van der Waals surface area contributed by atoms with Crippen LogP contribution in [0.25, 0.3) is 0 Å². The van der Waals surface area contributed by atoms with Gasteiger partial charge >= 0.3 is 0 Å². The molecule has 0 amide bonds. The van der Waals surface area contributed by atoms with Crippen molar-refractivity contribution in [3.05, 3.63) is 35.9 Å². The van der Waals surface area contributed by atoms with E-state index < -0.39 is 6.41 Å². The zero-order chi connectivity index (χ0) is 10.9. The Morgan fingerprint density at radius 3 is 2.73 bits per heavy atom. The van der Waals surface area contributed by atoms with Crippen molar-refractivity contribution < 1.29 is 9.84 Å². The third-order valence-corrected chi connectivity index (χ3v) is 2.22. The van der Waals surface area contributed by atoms with Crippen LogP contribution in [0.1, 0.15) is 12.0 Å². The van der Waals surface area contributed by atoms with Crippen LogP contribution >= 0.6 is 12.6 Å². The van der Waals surface area contributed by atoms with Gasteiger partial charge in [0, 0.05) is 6.54 Å². The molecule has 0 saturated carbocycles. The fraction of sp³-hybridized carbons (Fsp3) is 0.455. The second-order valence-electron chi connectivity index (χ2n) is 3.18. The molecule has 0 bridgehead atoms. The summed E-state index contributed by atoms with van der Waals surface area (Å²) in [4.78, 5) is 0. The molecular formula is C11H17NO2S. The lowest BCUT2D eigenvalue weighted by atomic mass is 10.2. The Morgan fingerprint density at radius 1 is 1.33 bits per heavy atom. The minimum Gasteiger partial charge on any atom is -0.356 e. The molecule has 1 aromatic carbocycles. The van der Waals surface area contributed by atoms with Crippen LogP contribution in [0, 0.1) is 0 Å². The van der Waals surface area contributed by atoms with Crippen molar-refractivity contribution in [3.63, 3.8) is 0 Å². The summed E-state index contributed by atoms with van der Waals surface area (Å²) in [6.45, 7) is 1.12. The Labute approximate surface area is 95.9 Å². The molecule has 1 aromatic rings. The molecule has 4 heteroatoms. The number of hydrogen-bond acceptors (Lipinski definition) is 4. The lowest BCUT2D eigenvalue weighted by molar-refractivity contribution is -0.128. The monoisotopic (exact) mass is 227 g/mol. The largest absolute Gasteiger partial charge is 0.356 e. The first-order valence-electron chi connectivity index (χ1n) is 5.01. The molecule has 0 aliphatic heterocycles. The normalized spacial score (nSPS) is 12.7. The topological polar surface area (TPSA) is 41.5 Å². The highest BCUT2D eigenvalue weighted by Crippen LogP contribution is 2.01. The summed E-state index contributed by atoms with van der Waals surface area (Å²) in [5.74, 6) is 0.804. The van der Waals surface area contributed by atoms with Gasteiger partial charge in [-0.25, -0.2) is 0 Å². The summed E-state index contributed by atoms with van der Waals surface area (Å²) in [5.41, 5.74) is 1.05. The summed E-state index contributed by atoms with van der Waals surface area (Å²) in [5, 5.41) is 12.2. The third-order valence-electron chi connectivity index (χ3n) is 1.90. The van der Waals surface area contributed by atoms with E-state index in [-0.39, 0.29) is 0 Å². The van der Waals surface area contributed by atoms with E-state index in [0.29, 0.717) is 13.2 Å². The average Bonchev–Trinajstić information content (AvgIpc) is 2.28. The van der Waals surface area contributed by atoms with Gasteiger partial charge in [0.15, 0.2) is 0 Å². The molecule has 1 unspecified atom stereocenters. The van der Waals surface area contributed by atoms with E-state index in [1.807, 2.05) is 30.3 Å². The predicted molar refractivity (Wildman–Crippen MR) is 63.7 cm³/mol. The van der Waals surface area contributed by atoms with Gasteiger partial charge in [-0.15, -0.1) is 0 Å². The molecule has 0 fully saturated rings. The Bertz CT molecular complexity index is 256. The Hall–Kier alpha value is -0.550. The van der Waals surface area contributed by atoms with Crippen LogP contribution in [0.2, 0.25) is 0 Å². The first kappa shape index (κ1) is 12.5. The molecule has 84 valence electrons. The SMILES string of the molecule is OC(NCCCS)OCc1ccccc1. The van der Waals surface area contributed by atoms with Gasteiger partial charge in [-0.1, -0.05) is 30.3 Å². The number of aliphatic hydroxyl groups is 1. The smallest absolute Gasteiger partial charge is 0.213 e. The van der Waals surface area contributed by atoms with Gasteiger partial charge in [0.2, 0.25) is 6.41 Å². The van der Waals surface area contributed by atoms with E-state index in [2.05, 4.69) is 17.9 Å². The van der Waals surface area contributed by atoms with Gasteiger partial charge in [-0.05, 0) is 17.7 Å². The number of nitrogens with one attached hydrogen (secondary N) is 1. The van der Waals surface area contributed by atoms with Gasteiger partial charge in [0.25, 0.3) is 0 Å². The number of aliphatic hydroxyl groups excluding tert-OH is 1. The van der Waals surface area contributed by atoms with Gasteiger partial charge in [-0.2, -0.15) is 12.6 Å². The predicted octanol–water partition coefficient (Wildman–Crippen LogP) is 1.39. The van der Waals surface area contributed by atoms with Crippen LogP contribution < -0.4 is 5.32 Å². The van der Waals surface area contributed by atoms with Crippen LogP contribution in [0.5, 0.6) is 0 Å². The fourth-order valence-corrected chi connectivity index (χ4v) is 1.27. The summed E-state index contributed by atoms with van der Waals surface area (Å²) < 4.78 is 5.19. The molecule has 15 heavy (non-hydrogen) atoms. The molecule has 1 atom stereocenters. The summed E-state index contributed by atoms with van der Waals surface area (Å²) in [6, 6.07) is 9.75. The standard InChI is InChI=1S/C11H17NO2S/c13-11(12-7-4-8-15)14-9-10-5-2-1-3-6-10/h1-3,5-6,11-13,15H,4,7-9H2. The molecule has 1 rings (SSSR count). The Morgan fingerprint density at radius 2 is 2.07 bits per heavy atom. The van der Waals surface area contributed by atoms with Crippen molar-refractivity contribution in [3.8, 4) is 0 Å². The maximum Gasteiger partial charge on any atom is 0.213 e. The van der Waals surface area contributed by atoms with Crippen molar-refractivity contribution in [2.24, 2.45) is 0 Å². The average molecular weight is 227 g/mol. The highest BCUT2D eigenvalue weighted by Gasteiger charge is 2.01. The van der Waals surface area contributed by atoms with Crippen LogP contribution in [0.4, 0.5) is 0 Å². The van der Waals surface area contributed by atoms with Gasteiger partial charge < -0.3 is 9.84 Å². The van der Waals surface area contributed by atoms with E-state index in [4.69, 9.17) is 4.74 Å². The van der Waals surface area contributed by atoms with E-state index in [1.165, 1.54) is 0 Å². The molecule has 0 aromatic heterocycles. The highest BCUT2D eigenvalue weighted by molar-refractivity contribution is 7.80. The molecule has 0 saturated heterocycles. The van der Waals surface area contributed by atoms with E-state index >= 15 is 0 Å². The quantitative estimate of drug-likeness (QED) is 0.374. The summed E-state index contributed by atoms with van der Waals surface area (Å²) >= 11 is 4.07. The van der Waals surface area contributed by atoms with Crippen molar-refractivity contribution in [2.45, 2.75) is 19.4 Å². The lowest BCUT2D eigenvalue weighted by Crippen LogP contribution is -2.32. The van der Waals surface area contributed by atoms with E-state index in [1.54, 1.807) is 0 Å². The molecule has 0 spiro atoms. The molecule has 0 heterocycles. The van der Waals surface area contributed by atoms with Gasteiger partial charge in [-0.3, -0.25) is 5.32 Å². The molecule has 0 aliphatic rings. The zero-order valence-corrected chi connectivity index (χ0v) is 9.49. The molecule has 3 nitrogen and oxygen atoms in total. The lowest BCUT2D eigenvalue weighted by Gasteiger charge is -2.13. The van der Waals surface area contributed by atoms with Crippen molar-refractivity contribution >= 4 is 12.6 Å². The zero-order valence-electron chi connectivity index (χ0n) is 8.60. The first-order chi connectivity index (χ1) is 7.33.